The van der Waals surface area contributed by atoms with E-state index in [0.29, 0.717) is 16.7 Å². The minimum Gasteiger partial charge on any atom is -0.496 e. The molecule has 1 N–H and O–H groups in total. The molecule has 110 valence electrons. The molecule has 1 aromatic carbocycles. The molecule has 0 aliphatic rings. The SMILES string of the molecule is COc1cc(/C(C)=C(\C)C(=O)O)c(C)cc1C(F)(F)F. The molecule has 0 unspecified atom stereocenters. The molecule has 0 bridgehead atoms. The normalized spacial score (nSPS) is 12.9. The summed E-state index contributed by atoms with van der Waals surface area (Å²) in [4.78, 5) is 10.9. The lowest BCUT2D eigenvalue weighted by Crippen LogP contribution is -2.09. The number of rotatable bonds is 3. The van der Waals surface area contributed by atoms with Crippen LogP contribution in [0.25, 0.3) is 5.57 Å². The lowest BCUT2D eigenvalue weighted by molar-refractivity contribution is -0.138. The van der Waals surface area contributed by atoms with Gasteiger partial charge in [0.15, 0.2) is 0 Å². The van der Waals surface area contributed by atoms with E-state index >= 15 is 0 Å². The number of allylic oxidation sites excluding steroid dienone is 1. The van der Waals surface area contributed by atoms with Crippen molar-refractivity contribution in [2.45, 2.75) is 26.9 Å². The zero-order valence-corrected chi connectivity index (χ0v) is 11.6. The third-order valence-corrected chi connectivity index (χ3v) is 3.14. The average Bonchev–Trinajstić information content (AvgIpc) is 2.35. The van der Waals surface area contributed by atoms with Gasteiger partial charge in [0.1, 0.15) is 5.75 Å². The van der Waals surface area contributed by atoms with Gasteiger partial charge in [-0.3, -0.25) is 0 Å². The highest BCUT2D eigenvalue weighted by molar-refractivity contribution is 5.95. The number of carboxylic acids is 1. The van der Waals surface area contributed by atoms with Gasteiger partial charge in [-0.15, -0.1) is 0 Å². The Kier molecular flexibility index (Phi) is 4.47. The van der Waals surface area contributed by atoms with Crippen molar-refractivity contribution in [2.24, 2.45) is 0 Å². The van der Waals surface area contributed by atoms with E-state index in [9.17, 15) is 18.0 Å². The summed E-state index contributed by atoms with van der Waals surface area (Å²) in [6, 6.07) is 2.19. The lowest BCUT2D eigenvalue weighted by atomic mass is 9.95. The van der Waals surface area contributed by atoms with E-state index in [4.69, 9.17) is 9.84 Å². The Morgan fingerprint density at radius 2 is 1.80 bits per heavy atom. The highest BCUT2D eigenvalue weighted by Crippen LogP contribution is 2.39. The zero-order valence-electron chi connectivity index (χ0n) is 11.6. The van der Waals surface area contributed by atoms with Crippen molar-refractivity contribution in [2.75, 3.05) is 7.11 Å². The Morgan fingerprint density at radius 1 is 1.25 bits per heavy atom. The van der Waals surface area contributed by atoms with Gasteiger partial charge in [0.2, 0.25) is 0 Å². The standard InChI is InChI=1S/C14H15F3O3/c1-7-5-11(14(15,16)17)12(20-4)6-10(7)8(2)9(3)13(18)19/h5-6H,1-4H3,(H,18,19)/b9-8+. The summed E-state index contributed by atoms with van der Waals surface area (Å²) in [5.41, 5.74) is 0.380. The first kappa shape index (κ1) is 16.1. The van der Waals surface area contributed by atoms with Crippen LogP contribution < -0.4 is 4.74 Å². The summed E-state index contributed by atoms with van der Waals surface area (Å²) >= 11 is 0. The molecular weight excluding hydrogens is 273 g/mol. The van der Waals surface area contributed by atoms with Crippen LogP contribution in [0.1, 0.15) is 30.5 Å². The van der Waals surface area contributed by atoms with Crippen molar-refractivity contribution in [1.82, 2.24) is 0 Å². The number of benzene rings is 1. The second kappa shape index (κ2) is 5.56. The minimum absolute atomic E-state index is 0.0786. The molecule has 0 aliphatic carbocycles. The second-order valence-electron chi connectivity index (χ2n) is 4.42. The second-order valence-corrected chi connectivity index (χ2v) is 4.42. The van der Waals surface area contributed by atoms with Gasteiger partial charge >= 0.3 is 12.1 Å². The zero-order chi connectivity index (χ0) is 15.7. The van der Waals surface area contributed by atoms with Crippen molar-refractivity contribution < 1.29 is 27.8 Å². The molecule has 0 saturated carbocycles. The fourth-order valence-corrected chi connectivity index (χ4v) is 1.84. The van der Waals surface area contributed by atoms with Gasteiger partial charge in [-0.05, 0) is 49.6 Å². The first-order chi connectivity index (χ1) is 9.09. The van der Waals surface area contributed by atoms with Crippen molar-refractivity contribution in [3.63, 3.8) is 0 Å². The largest absolute Gasteiger partial charge is 0.496 e. The summed E-state index contributed by atoms with van der Waals surface area (Å²) in [6.45, 7) is 4.46. The van der Waals surface area contributed by atoms with E-state index < -0.39 is 17.7 Å². The molecule has 1 rings (SSSR count). The third-order valence-electron chi connectivity index (χ3n) is 3.14. The number of ether oxygens (including phenoxy) is 1. The van der Waals surface area contributed by atoms with Crippen molar-refractivity contribution in [3.8, 4) is 5.75 Å². The van der Waals surface area contributed by atoms with Gasteiger partial charge in [0.25, 0.3) is 0 Å². The number of halogens is 3. The van der Waals surface area contributed by atoms with Crippen LogP contribution in [0.2, 0.25) is 0 Å². The Balaban J connectivity index is 3.55. The van der Waals surface area contributed by atoms with Crippen molar-refractivity contribution >= 4 is 11.5 Å². The van der Waals surface area contributed by atoms with E-state index in [-0.39, 0.29) is 11.3 Å². The van der Waals surface area contributed by atoms with E-state index in [1.165, 1.54) is 19.9 Å². The highest BCUT2D eigenvalue weighted by atomic mass is 19.4. The molecule has 0 amide bonds. The van der Waals surface area contributed by atoms with Gasteiger partial charge in [-0.1, -0.05) is 0 Å². The van der Waals surface area contributed by atoms with Crippen molar-refractivity contribution in [3.05, 3.63) is 34.4 Å². The Labute approximate surface area is 114 Å². The molecule has 0 saturated heterocycles. The maximum Gasteiger partial charge on any atom is 0.419 e. The topological polar surface area (TPSA) is 46.5 Å². The summed E-state index contributed by atoms with van der Waals surface area (Å²) in [5.74, 6) is -1.43. The smallest absolute Gasteiger partial charge is 0.419 e. The number of hydrogen-bond acceptors (Lipinski definition) is 2. The Morgan fingerprint density at radius 3 is 2.20 bits per heavy atom. The molecule has 0 aromatic heterocycles. The predicted molar refractivity (Wildman–Crippen MR) is 68.6 cm³/mol. The van der Waals surface area contributed by atoms with E-state index in [1.807, 2.05) is 0 Å². The van der Waals surface area contributed by atoms with Crippen LogP contribution in [0.3, 0.4) is 0 Å². The monoisotopic (exact) mass is 288 g/mol. The van der Waals surface area contributed by atoms with Crippen LogP contribution >= 0.6 is 0 Å². The number of aliphatic carboxylic acids is 1. The summed E-state index contributed by atoms with van der Waals surface area (Å²) in [6.07, 6.45) is -4.52. The average molecular weight is 288 g/mol. The lowest BCUT2D eigenvalue weighted by Gasteiger charge is -2.16. The minimum atomic E-state index is -4.52. The summed E-state index contributed by atoms with van der Waals surface area (Å²) < 4.78 is 43.3. The Hall–Kier alpha value is -1.98. The van der Waals surface area contributed by atoms with Gasteiger partial charge < -0.3 is 9.84 Å². The number of hydrogen-bond donors (Lipinski definition) is 1. The predicted octanol–water partition coefficient (Wildman–Crippen LogP) is 3.90. The van der Waals surface area contributed by atoms with Crippen LogP contribution in [0, 0.1) is 6.92 Å². The van der Waals surface area contributed by atoms with Gasteiger partial charge in [-0.25, -0.2) is 4.79 Å². The molecule has 0 spiro atoms. The summed E-state index contributed by atoms with van der Waals surface area (Å²) in [7, 11) is 1.15. The van der Waals surface area contributed by atoms with Gasteiger partial charge in [0, 0.05) is 5.57 Å². The van der Waals surface area contributed by atoms with Gasteiger partial charge in [0.05, 0.1) is 12.7 Å². The number of carbonyl (C=O) groups is 1. The number of alkyl halides is 3. The van der Waals surface area contributed by atoms with E-state index in [1.54, 1.807) is 6.92 Å². The van der Waals surface area contributed by atoms with Gasteiger partial charge in [-0.2, -0.15) is 13.2 Å². The number of carboxylic acid groups (broad SMARTS) is 1. The highest BCUT2D eigenvalue weighted by Gasteiger charge is 2.35. The number of methoxy groups -OCH3 is 1. The van der Waals surface area contributed by atoms with Crippen LogP contribution in [0.5, 0.6) is 5.75 Å². The molecule has 0 heterocycles. The van der Waals surface area contributed by atoms with Crippen LogP contribution in [0.15, 0.2) is 17.7 Å². The molecule has 0 fully saturated rings. The summed E-state index contributed by atoms with van der Waals surface area (Å²) in [5, 5.41) is 8.95. The third kappa shape index (κ3) is 3.12. The van der Waals surface area contributed by atoms with E-state index in [0.717, 1.165) is 13.2 Å². The van der Waals surface area contributed by atoms with Crippen LogP contribution in [-0.4, -0.2) is 18.2 Å². The van der Waals surface area contributed by atoms with E-state index in [2.05, 4.69) is 0 Å². The molecule has 3 nitrogen and oxygen atoms in total. The quantitative estimate of drug-likeness (QED) is 0.858. The molecule has 0 aliphatic heterocycles. The van der Waals surface area contributed by atoms with Crippen molar-refractivity contribution in [1.29, 1.82) is 0 Å². The molecule has 20 heavy (non-hydrogen) atoms. The molecule has 0 atom stereocenters. The molecule has 6 heteroatoms. The fraction of sp³-hybridized carbons (Fsp3) is 0.357. The number of aryl methyl sites for hydroxylation is 1. The molecule has 1 aromatic rings. The van der Waals surface area contributed by atoms with Crippen LogP contribution in [-0.2, 0) is 11.0 Å². The molecular formula is C14H15F3O3. The first-order valence-electron chi connectivity index (χ1n) is 5.76. The maximum absolute atomic E-state index is 12.8. The molecule has 0 radical (unpaired) electrons. The fourth-order valence-electron chi connectivity index (χ4n) is 1.84. The first-order valence-corrected chi connectivity index (χ1v) is 5.76. The maximum atomic E-state index is 12.8. The van der Waals surface area contributed by atoms with Crippen LogP contribution in [0.4, 0.5) is 13.2 Å². The Bertz CT molecular complexity index is 572.